The van der Waals surface area contributed by atoms with E-state index in [1.165, 1.54) is 0 Å². The van der Waals surface area contributed by atoms with E-state index in [9.17, 15) is 5.11 Å². The number of hydrogen-bond acceptors (Lipinski definition) is 2. The second-order valence-corrected chi connectivity index (χ2v) is 5.08. The van der Waals surface area contributed by atoms with Gasteiger partial charge < -0.3 is 9.84 Å². The van der Waals surface area contributed by atoms with Crippen LogP contribution in [-0.2, 0) is 6.61 Å². The summed E-state index contributed by atoms with van der Waals surface area (Å²) in [5.74, 6) is 0.808. The van der Waals surface area contributed by atoms with Crippen molar-refractivity contribution in [3.8, 4) is 5.75 Å². The van der Waals surface area contributed by atoms with Gasteiger partial charge in [-0.2, -0.15) is 0 Å². The molecule has 2 rings (SSSR count). The first kappa shape index (κ1) is 13.1. The van der Waals surface area contributed by atoms with Gasteiger partial charge in [0.25, 0.3) is 0 Å². The van der Waals surface area contributed by atoms with Crippen molar-refractivity contribution in [3.05, 3.63) is 64.1 Å². The normalized spacial score (nSPS) is 12.2. The van der Waals surface area contributed by atoms with E-state index in [4.69, 9.17) is 4.74 Å². The molecule has 3 heteroatoms. The van der Waals surface area contributed by atoms with Crippen LogP contribution >= 0.6 is 15.9 Å². The van der Waals surface area contributed by atoms with Crippen LogP contribution in [0.2, 0.25) is 0 Å². The summed E-state index contributed by atoms with van der Waals surface area (Å²) in [6.45, 7) is 2.29. The van der Waals surface area contributed by atoms with Crippen LogP contribution in [0.15, 0.2) is 53.0 Å². The third-order valence-electron chi connectivity index (χ3n) is 2.68. The van der Waals surface area contributed by atoms with Crippen molar-refractivity contribution in [2.75, 3.05) is 0 Å². The van der Waals surface area contributed by atoms with Crippen LogP contribution in [0.1, 0.15) is 24.2 Å². The monoisotopic (exact) mass is 306 g/mol. The van der Waals surface area contributed by atoms with E-state index in [0.29, 0.717) is 6.61 Å². The Kier molecular flexibility index (Phi) is 4.39. The number of aliphatic hydroxyl groups is 1. The first-order chi connectivity index (χ1) is 8.65. The SMILES string of the molecule is C[C@H](O)c1ccc(OCc2ccc(Br)cc2)cc1. The number of ether oxygens (including phenoxy) is 1. The molecule has 18 heavy (non-hydrogen) atoms. The summed E-state index contributed by atoms with van der Waals surface area (Å²) in [6.07, 6.45) is -0.439. The molecule has 0 amide bonds. The lowest BCUT2D eigenvalue weighted by molar-refractivity contribution is 0.199. The molecule has 94 valence electrons. The number of aliphatic hydroxyl groups excluding tert-OH is 1. The zero-order chi connectivity index (χ0) is 13.0. The number of hydrogen-bond donors (Lipinski definition) is 1. The van der Waals surface area contributed by atoms with Gasteiger partial charge in [0.2, 0.25) is 0 Å². The van der Waals surface area contributed by atoms with E-state index < -0.39 is 6.10 Å². The van der Waals surface area contributed by atoms with Crippen LogP contribution in [0.25, 0.3) is 0 Å². The van der Waals surface area contributed by atoms with Crippen molar-refractivity contribution in [2.45, 2.75) is 19.6 Å². The Balaban J connectivity index is 1.95. The summed E-state index contributed by atoms with van der Waals surface area (Å²) in [4.78, 5) is 0. The predicted octanol–water partition coefficient (Wildman–Crippen LogP) is 4.08. The minimum Gasteiger partial charge on any atom is -0.489 e. The molecule has 0 spiro atoms. The minimum absolute atomic E-state index is 0.439. The van der Waals surface area contributed by atoms with Crippen molar-refractivity contribution < 1.29 is 9.84 Å². The third-order valence-corrected chi connectivity index (χ3v) is 3.21. The molecule has 0 fully saturated rings. The van der Waals surface area contributed by atoms with E-state index in [0.717, 1.165) is 21.3 Å². The minimum atomic E-state index is -0.439. The van der Waals surface area contributed by atoms with E-state index in [-0.39, 0.29) is 0 Å². The lowest BCUT2D eigenvalue weighted by atomic mass is 10.1. The second-order valence-electron chi connectivity index (χ2n) is 4.16. The van der Waals surface area contributed by atoms with Gasteiger partial charge in [-0.15, -0.1) is 0 Å². The highest BCUT2D eigenvalue weighted by Crippen LogP contribution is 2.18. The molecule has 1 atom stereocenters. The maximum atomic E-state index is 9.40. The molecule has 0 radical (unpaired) electrons. The first-order valence-corrected chi connectivity index (χ1v) is 6.60. The topological polar surface area (TPSA) is 29.5 Å². The Morgan fingerprint density at radius 3 is 2.22 bits per heavy atom. The molecule has 0 aliphatic heterocycles. The van der Waals surface area contributed by atoms with Gasteiger partial charge in [0.15, 0.2) is 0 Å². The summed E-state index contributed by atoms with van der Waals surface area (Å²) in [5, 5.41) is 9.40. The van der Waals surface area contributed by atoms with Crippen molar-refractivity contribution in [3.63, 3.8) is 0 Å². The second kappa shape index (κ2) is 6.03. The molecule has 0 aromatic heterocycles. The number of rotatable bonds is 4. The molecular formula is C15H15BrO2. The maximum Gasteiger partial charge on any atom is 0.119 e. The van der Waals surface area contributed by atoms with Gasteiger partial charge in [0.05, 0.1) is 6.10 Å². The molecule has 0 unspecified atom stereocenters. The summed E-state index contributed by atoms with van der Waals surface area (Å²) >= 11 is 3.40. The molecule has 0 bridgehead atoms. The van der Waals surface area contributed by atoms with E-state index in [1.54, 1.807) is 6.92 Å². The average molecular weight is 307 g/mol. The highest BCUT2D eigenvalue weighted by molar-refractivity contribution is 9.10. The van der Waals surface area contributed by atoms with Crippen molar-refractivity contribution in [1.82, 2.24) is 0 Å². The van der Waals surface area contributed by atoms with Gasteiger partial charge in [0, 0.05) is 4.47 Å². The smallest absolute Gasteiger partial charge is 0.119 e. The molecule has 2 aromatic carbocycles. The molecule has 0 aliphatic rings. The van der Waals surface area contributed by atoms with Gasteiger partial charge >= 0.3 is 0 Å². The standard InChI is InChI=1S/C15H15BrO2/c1-11(17)13-4-8-15(9-5-13)18-10-12-2-6-14(16)7-3-12/h2-9,11,17H,10H2,1H3/t11-/m0/s1. The number of benzene rings is 2. The van der Waals surface area contributed by atoms with E-state index in [2.05, 4.69) is 15.9 Å². The fourth-order valence-electron chi connectivity index (χ4n) is 1.59. The van der Waals surface area contributed by atoms with Crippen LogP contribution in [0.5, 0.6) is 5.75 Å². The van der Waals surface area contributed by atoms with Gasteiger partial charge in [-0.1, -0.05) is 40.2 Å². The summed E-state index contributed by atoms with van der Waals surface area (Å²) in [6, 6.07) is 15.5. The molecule has 1 N–H and O–H groups in total. The van der Waals surface area contributed by atoms with Gasteiger partial charge in [-0.25, -0.2) is 0 Å². The lowest BCUT2D eigenvalue weighted by Gasteiger charge is -2.08. The van der Waals surface area contributed by atoms with Gasteiger partial charge in [-0.3, -0.25) is 0 Å². The Bertz CT molecular complexity index is 489. The molecule has 0 saturated heterocycles. The third kappa shape index (κ3) is 3.59. The predicted molar refractivity (Wildman–Crippen MR) is 75.5 cm³/mol. The average Bonchev–Trinajstić information content (AvgIpc) is 2.38. The zero-order valence-corrected chi connectivity index (χ0v) is 11.7. The van der Waals surface area contributed by atoms with Crippen molar-refractivity contribution in [1.29, 1.82) is 0 Å². The lowest BCUT2D eigenvalue weighted by Crippen LogP contribution is -1.96. The van der Waals surface area contributed by atoms with Gasteiger partial charge in [-0.05, 0) is 42.3 Å². The summed E-state index contributed by atoms with van der Waals surface area (Å²) in [7, 11) is 0. The fourth-order valence-corrected chi connectivity index (χ4v) is 1.85. The van der Waals surface area contributed by atoms with Crippen LogP contribution < -0.4 is 4.74 Å². The van der Waals surface area contributed by atoms with Crippen LogP contribution in [-0.4, -0.2) is 5.11 Å². The fraction of sp³-hybridized carbons (Fsp3) is 0.200. The Morgan fingerprint density at radius 1 is 1.06 bits per heavy atom. The molecular weight excluding hydrogens is 292 g/mol. The van der Waals surface area contributed by atoms with Gasteiger partial charge in [0.1, 0.15) is 12.4 Å². The first-order valence-electron chi connectivity index (χ1n) is 5.80. The highest BCUT2D eigenvalue weighted by Gasteiger charge is 2.01. The highest BCUT2D eigenvalue weighted by atomic mass is 79.9. The van der Waals surface area contributed by atoms with Crippen LogP contribution in [0.3, 0.4) is 0 Å². The van der Waals surface area contributed by atoms with E-state index >= 15 is 0 Å². The molecule has 2 aromatic rings. The molecule has 0 aliphatic carbocycles. The van der Waals surface area contributed by atoms with E-state index in [1.807, 2.05) is 48.5 Å². The maximum absolute atomic E-state index is 9.40. The zero-order valence-electron chi connectivity index (χ0n) is 10.1. The Labute approximate surface area is 115 Å². The molecule has 0 heterocycles. The Morgan fingerprint density at radius 2 is 1.67 bits per heavy atom. The molecule has 2 nitrogen and oxygen atoms in total. The largest absolute Gasteiger partial charge is 0.489 e. The quantitative estimate of drug-likeness (QED) is 0.922. The Hall–Kier alpha value is -1.32. The summed E-state index contributed by atoms with van der Waals surface area (Å²) in [5.41, 5.74) is 2.02. The van der Waals surface area contributed by atoms with Crippen molar-refractivity contribution in [2.24, 2.45) is 0 Å². The van der Waals surface area contributed by atoms with Crippen LogP contribution in [0.4, 0.5) is 0 Å². The van der Waals surface area contributed by atoms with Crippen molar-refractivity contribution >= 4 is 15.9 Å². The molecule has 0 saturated carbocycles. The summed E-state index contributed by atoms with van der Waals surface area (Å²) < 4.78 is 6.73. The number of halogens is 1. The van der Waals surface area contributed by atoms with Crippen LogP contribution in [0, 0.1) is 0 Å².